The third-order valence-corrected chi connectivity index (χ3v) is 7.12. The molecule has 0 spiro atoms. The van der Waals surface area contributed by atoms with E-state index in [0.29, 0.717) is 5.92 Å². The van der Waals surface area contributed by atoms with Crippen molar-refractivity contribution in [3.8, 4) is 0 Å². The van der Waals surface area contributed by atoms with E-state index in [-0.39, 0.29) is 24.7 Å². The van der Waals surface area contributed by atoms with Crippen LogP contribution < -0.4 is 5.32 Å². The van der Waals surface area contributed by atoms with Crippen LogP contribution in [0.25, 0.3) is 0 Å². The molecule has 1 atom stereocenters. The average Bonchev–Trinajstić information content (AvgIpc) is 3.52. The monoisotopic (exact) mass is 404 g/mol. The molecule has 1 saturated carbocycles. The van der Waals surface area contributed by atoms with Gasteiger partial charge in [0, 0.05) is 18.7 Å². The number of halogens is 1. The SMILES string of the molecule is CCN(CC)S(=O)(=O)c1cc(C(=O)NC(c2ccccc2)C2CC2)ccc1F. The summed E-state index contributed by atoms with van der Waals surface area (Å²) in [6.45, 7) is 3.84. The number of rotatable bonds is 8. The molecule has 28 heavy (non-hydrogen) atoms. The van der Waals surface area contributed by atoms with Gasteiger partial charge in [0.05, 0.1) is 6.04 Å². The lowest BCUT2D eigenvalue weighted by molar-refractivity contribution is 0.0931. The van der Waals surface area contributed by atoms with Crippen molar-refractivity contribution < 1.29 is 17.6 Å². The zero-order chi connectivity index (χ0) is 20.3. The Morgan fingerprint density at radius 1 is 1.14 bits per heavy atom. The van der Waals surface area contributed by atoms with Crippen molar-refractivity contribution in [2.75, 3.05) is 13.1 Å². The normalized spacial score (nSPS) is 15.4. The second kappa shape index (κ2) is 8.41. The van der Waals surface area contributed by atoms with Crippen LogP contribution in [0.15, 0.2) is 53.4 Å². The van der Waals surface area contributed by atoms with E-state index in [9.17, 15) is 17.6 Å². The lowest BCUT2D eigenvalue weighted by Gasteiger charge is -2.21. The van der Waals surface area contributed by atoms with Crippen molar-refractivity contribution in [3.63, 3.8) is 0 Å². The maximum absolute atomic E-state index is 14.3. The lowest BCUT2D eigenvalue weighted by atomic mass is 10.0. The number of amides is 1. The summed E-state index contributed by atoms with van der Waals surface area (Å²) in [7, 11) is -3.99. The van der Waals surface area contributed by atoms with E-state index in [1.807, 2.05) is 30.3 Å². The van der Waals surface area contributed by atoms with Crippen molar-refractivity contribution in [3.05, 3.63) is 65.5 Å². The van der Waals surface area contributed by atoms with Crippen LogP contribution >= 0.6 is 0 Å². The van der Waals surface area contributed by atoms with E-state index in [1.165, 1.54) is 10.4 Å². The number of carbonyl (C=O) groups is 1. The van der Waals surface area contributed by atoms with E-state index in [1.54, 1.807) is 13.8 Å². The minimum Gasteiger partial charge on any atom is -0.345 e. The van der Waals surface area contributed by atoms with Gasteiger partial charge in [-0.15, -0.1) is 0 Å². The first-order chi connectivity index (χ1) is 13.4. The quantitative estimate of drug-likeness (QED) is 0.729. The number of hydrogen-bond acceptors (Lipinski definition) is 3. The van der Waals surface area contributed by atoms with Gasteiger partial charge in [-0.2, -0.15) is 4.31 Å². The van der Waals surface area contributed by atoms with Crippen LogP contribution in [0, 0.1) is 11.7 Å². The summed E-state index contributed by atoms with van der Waals surface area (Å²) >= 11 is 0. The molecule has 0 radical (unpaired) electrons. The average molecular weight is 405 g/mol. The van der Waals surface area contributed by atoms with Crippen LogP contribution in [0.2, 0.25) is 0 Å². The van der Waals surface area contributed by atoms with E-state index in [2.05, 4.69) is 5.32 Å². The highest BCUT2D eigenvalue weighted by atomic mass is 32.2. The summed E-state index contributed by atoms with van der Waals surface area (Å²) < 4.78 is 40.9. The fourth-order valence-corrected chi connectivity index (χ4v) is 4.88. The van der Waals surface area contributed by atoms with Crippen LogP contribution in [0.3, 0.4) is 0 Å². The van der Waals surface area contributed by atoms with E-state index >= 15 is 0 Å². The molecular formula is C21H25FN2O3S. The number of sulfonamides is 1. The van der Waals surface area contributed by atoms with Gasteiger partial charge < -0.3 is 5.32 Å². The Kier molecular flexibility index (Phi) is 6.15. The molecule has 2 aromatic carbocycles. The number of nitrogens with zero attached hydrogens (tertiary/aromatic N) is 1. The standard InChI is InChI=1S/C21H25FN2O3S/c1-3-24(4-2)28(26,27)19-14-17(12-13-18(19)22)21(25)23-20(16-10-11-16)15-8-6-5-7-9-15/h5-9,12-14,16,20H,3-4,10-11H2,1-2H3,(H,23,25). The molecule has 3 rings (SSSR count). The molecule has 1 aliphatic rings. The highest BCUT2D eigenvalue weighted by Gasteiger charge is 2.34. The highest BCUT2D eigenvalue weighted by Crippen LogP contribution is 2.41. The Morgan fingerprint density at radius 3 is 2.36 bits per heavy atom. The highest BCUT2D eigenvalue weighted by molar-refractivity contribution is 7.89. The summed E-state index contributed by atoms with van der Waals surface area (Å²) in [5.41, 5.74) is 1.14. The largest absolute Gasteiger partial charge is 0.345 e. The topological polar surface area (TPSA) is 66.5 Å². The molecule has 1 aliphatic carbocycles. The van der Waals surface area contributed by atoms with Crippen molar-refractivity contribution in [2.24, 2.45) is 5.92 Å². The van der Waals surface area contributed by atoms with E-state index in [4.69, 9.17) is 0 Å². The van der Waals surface area contributed by atoms with Gasteiger partial charge in [0.25, 0.3) is 5.91 Å². The first-order valence-corrected chi connectivity index (χ1v) is 11.0. The molecule has 1 N–H and O–H groups in total. The maximum atomic E-state index is 14.3. The van der Waals surface area contributed by atoms with Gasteiger partial charge in [-0.25, -0.2) is 12.8 Å². The molecule has 1 fully saturated rings. The smallest absolute Gasteiger partial charge is 0.251 e. The van der Waals surface area contributed by atoms with Gasteiger partial charge in [-0.1, -0.05) is 44.2 Å². The second-order valence-electron chi connectivity index (χ2n) is 6.93. The molecule has 1 unspecified atom stereocenters. The van der Waals surface area contributed by atoms with Crippen molar-refractivity contribution in [1.82, 2.24) is 9.62 Å². The molecule has 0 aliphatic heterocycles. The molecule has 7 heteroatoms. The minimum atomic E-state index is -3.99. The fraction of sp³-hybridized carbons (Fsp3) is 0.381. The van der Waals surface area contributed by atoms with Crippen LogP contribution in [0.4, 0.5) is 4.39 Å². The van der Waals surface area contributed by atoms with Gasteiger partial charge in [-0.3, -0.25) is 4.79 Å². The summed E-state index contributed by atoms with van der Waals surface area (Å²) in [5, 5.41) is 3.00. The molecule has 2 aromatic rings. The van der Waals surface area contributed by atoms with Gasteiger partial charge in [0.2, 0.25) is 10.0 Å². The molecule has 1 amide bonds. The van der Waals surface area contributed by atoms with E-state index in [0.717, 1.165) is 30.5 Å². The zero-order valence-corrected chi connectivity index (χ0v) is 16.9. The first kappa shape index (κ1) is 20.5. The number of benzene rings is 2. The molecule has 0 saturated heterocycles. The summed E-state index contributed by atoms with van der Waals surface area (Å²) in [5.74, 6) is -0.896. The Hall–Kier alpha value is -2.25. The van der Waals surface area contributed by atoms with Crippen molar-refractivity contribution in [2.45, 2.75) is 37.6 Å². The molecule has 150 valence electrons. The third kappa shape index (κ3) is 4.25. The molecule has 0 aromatic heterocycles. The molecular weight excluding hydrogens is 379 g/mol. The Balaban J connectivity index is 1.88. The predicted molar refractivity (Wildman–Crippen MR) is 106 cm³/mol. The fourth-order valence-electron chi connectivity index (χ4n) is 3.33. The number of nitrogens with one attached hydrogen (secondary N) is 1. The third-order valence-electron chi connectivity index (χ3n) is 5.06. The lowest BCUT2D eigenvalue weighted by Crippen LogP contribution is -2.32. The minimum absolute atomic E-state index is 0.133. The number of carbonyl (C=O) groups excluding carboxylic acids is 1. The summed E-state index contributed by atoms with van der Waals surface area (Å²) in [6.07, 6.45) is 2.07. The number of hydrogen-bond donors (Lipinski definition) is 1. The van der Waals surface area contributed by atoms with Gasteiger partial charge in [-0.05, 0) is 42.5 Å². The second-order valence-corrected chi connectivity index (χ2v) is 8.84. The predicted octanol–water partition coefficient (Wildman–Crippen LogP) is 3.74. The van der Waals surface area contributed by atoms with E-state index < -0.39 is 26.6 Å². The summed E-state index contributed by atoms with van der Waals surface area (Å²) in [6, 6.07) is 13.0. The van der Waals surface area contributed by atoms with Crippen LogP contribution in [0.5, 0.6) is 0 Å². The maximum Gasteiger partial charge on any atom is 0.251 e. The van der Waals surface area contributed by atoms with Crippen LogP contribution in [-0.2, 0) is 10.0 Å². The van der Waals surface area contributed by atoms with Gasteiger partial charge >= 0.3 is 0 Å². The molecule has 0 heterocycles. The van der Waals surface area contributed by atoms with Gasteiger partial charge in [0.15, 0.2) is 0 Å². The Bertz CT molecular complexity index is 939. The summed E-state index contributed by atoms with van der Waals surface area (Å²) in [4.78, 5) is 12.4. The van der Waals surface area contributed by atoms with Crippen molar-refractivity contribution in [1.29, 1.82) is 0 Å². The Labute approximate surface area is 165 Å². The molecule has 0 bridgehead atoms. The van der Waals surface area contributed by atoms with Gasteiger partial charge in [0.1, 0.15) is 10.7 Å². The first-order valence-electron chi connectivity index (χ1n) is 9.54. The Morgan fingerprint density at radius 2 is 1.79 bits per heavy atom. The molecule has 5 nitrogen and oxygen atoms in total. The van der Waals surface area contributed by atoms with Crippen molar-refractivity contribution >= 4 is 15.9 Å². The zero-order valence-electron chi connectivity index (χ0n) is 16.1. The van der Waals surface area contributed by atoms with Crippen LogP contribution in [-0.4, -0.2) is 31.7 Å². The van der Waals surface area contributed by atoms with Crippen LogP contribution in [0.1, 0.15) is 48.7 Å².